The molecule has 6 heterocycles. The van der Waals surface area contributed by atoms with Gasteiger partial charge in [-0.15, -0.1) is 0 Å². The van der Waals surface area contributed by atoms with Gasteiger partial charge in [0.15, 0.2) is 0 Å². The van der Waals surface area contributed by atoms with Crippen LogP contribution in [0.25, 0.3) is 0 Å². The standard InChI is InChI=1S/C72H98N8O29P2/c1-14-49(82)101-36-103-68(92)74-28-31-80(67(91)47(75-69(93)104-37-102-50(83)15-2)22-23-51(84)108-72(110(94,95)96,111(97,98)99)33-46-21-16-17-27-73-46)35-52(85)107-62-39(5)19-18-20-40(6)66(90)76-58-57-56(77-71(78-57)25-29-79(30-26-71)34-38(3)4)53-54(61(58)88)60(87)44(10)64-55(53)65(89)70(12,109-64)105-32-24-48(100-13)41(7)63(106-45(11)81)43(9)59(86)42(62)8/h16-21,24,27,32,38-39,41-43,47-48,59,62-63,78,86-87H,14-15,22-23,25-26,28-31,33-37H2,1-13H3,(H,74,92)(H,75,93)(H,76,90)(H2,94,95,96)(H2,97,98,99)/b19-18+,32-24+,40-20-/t39-,41+,42-,43+,47?,48-,59+,62-,63+,70-/m0/s1. The minimum Gasteiger partial charge on any atom is -0.507 e. The number of hydrogen-bond acceptors (Lipinski definition) is 29. The molecule has 0 radical (unpaired) electrons. The number of aromatic hydroxyl groups is 1. The molecule has 5 bridgehead atoms. The minimum atomic E-state index is -6.22. The first-order chi connectivity index (χ1) is 52.1. The van der Waals surface area contributed by atoms with Crippen LogP contribution in [0.5, 0.6) is 11.5 Å². The van der Waals surface area contributed by atoms with Crippen molar-refractivity contribution in [3.05, 3.63) is 99.9 Å². The van der Waals surface area contributed by atoms with E-state index in [0.29, 0.717) is 36.7 Å². The smallest absolute Gasteiger partial charge is 0.410 e. The first-order valence-corrected chi connectivity index (χ1v) is 39.1. The third-order valence-corrected chi connectivity index (χ3v) is 23.3. The van der Waals surface area contributed by atoms with Gasteiger partial charge in [0.2, 0.25) is 25.3 Å². The molecule has 10 N–H and O–H groups in total. The van der Waals surface area contributed by atoms with Crippen molar-refractivity contribution in [1.29, 1.82) is 0 Å². The van der Waals surface area contributed by atoms with Crippen LogP contribution < -0.4 is 26.0 Å². The number of carbonyl (C=O) groups excluding carboxylic acids is 11. The number of amides is 4. The number of aromatic nitrogens is 1. The summed E-state index contributed by atoms with van der Waals surface area (Å²) >= 11 is 0. The van der Waals surface area contributed by atoms with E-state index in [2.05, 4.69) is 45.0 Å². The number of alkyl carbamates (subject to hydrolysis) is 2. The van der Waals surface area contributed by atoms with E-state index in [1.165, 1.54) is 92.0 Å². The van der Waals surface area contributed by atoms with Gasteiger partial charge in [-0.1, -0.05) is 79.7 Å². The number of Topliss-reactive ketones (excluding diaryl/α,β-unsaturated/α-hetero) is 2. The van der Waals surface area contributed by atoms with Crippen molar-refractivity contribution in [2.45, 2.75) is 175 Å². The van der Waals surface area contributed by atoms with Gasteiger partial charge in [0.25, 0.3) is 11.7 Å². The summed E-state index contributed by atoms with van der Waals surface area (Å²) < 4.78 is 81.3. The van der Waals surface area contributed by atoms with E-state index in [9.17, 15) is 77.3 Å². The fraction of sp³-hybridized carbons (Fsp3) is 0.569. The second-order valence-corrected chi connectivity index (χ2v) is 32.0. The number of carbonyl (C=O) groups is 11. The molecule has 8 rings (SSSR count). The first-order valence-electron chi connectivity index (χ1n) is 35.9. The highest BCUT2D eigenvalue weighted by molar-refractivity contribution is 7.72. The maximum atomic E-state index is 15.2. The zero-order valence-corrected chi connectivity index (χ0v) is 65.6. The number of aliphatic hydroxyl groups is 1. The third-order valence-electron chi connectivity index (χ3n) is 19.4. The number of nitrogens with zero attached hydrogens (tertiary/aromatic N) is 4. The molecule has 1 aromatic carbocycles. The van der Waals surface area contributed by atoms with Crippen LogP contribution in [0.1, 0.15) is 152 Å². The maximum Gasteiger partial charge on any atom is 0.410 e. The number of aliphatic imine (C=N–C) groups is 1. The quantitative estimate of drug-likeness (QED) is 0.0266. The number of nitrogens with one attached hydrogen (secondary N) is 4. The van der Waals surface area contributed by atoms with Crippen LogP contribution in [0.4, 0.5) is 9.59 Å². The van der Waals surface area contributed by atoms with E-state index in [4.69, 9.17) is 52.4 Å². The molecule has 1 unspecified atom stereocenters. The van der Waals surface area contributed by atoms with E-state index in [-0.39, 0.29) is 69.2 Å². The fourth-order valence-electron chi connectivity index (χ4n) is 13.4. The van der Waals surface area contributed by atoms with Crippen LogP contribution in [0.15, 0.2) is 76.9 Å². The number of phenolic OH excluding ortho intramolecular Hbond substituents is 1. The van der Waals surface area contributed by atoms with Crippen molar-refractivity contribution < 1.29 is 139 Å². The molecule has 0 saturated carbocycles. The van der Waals surface area contributed by atoms with Crippen LogP contribution >= 0.6 is 15.2 Å². The zero-order valence-electron chi connectivity index (χ0n) is 63.8. The second-order valence-electron chi connectivity index (χ2n) is 28.1. The van der Waals surface area contributed by atoms with Crippen LogP contribution in [-0.2, 0) is 91.7 Å². The lowest BCUT2D eigenvalue weighted by Gasteiger charge is -2.39. The molecule has 5 aliphatic heterocycles. The Morgan fingerprint density at radius 1 is 0.820 bits per heavy atom. The number of likely N-dealkylation sites (tertiary alicyclic amines) is 1. The van der Waals surface area contributed by atoms with Crippen LogP contribution in [-0.4, -0.2) is 223 Å². The topological polar surface area (TPSA) is 515 Å². The Hall–Kier alpha value is -9.45. The summed E-state index contributed by atoms with van der Waals surface area (Å²) in [6.07, 6.45) is -3.41. The molecule has 1 fully saturated rings. The fourth-order valence-corrected chi connectivity index (χ4v) is 15.9. The Balaban J connectivity index is 1.30. The highest BCUT2D eigenvalue weighted by Crippen LogP contribution is 2.71. The van der Waals surface area contributed by atoms with E-state index >= 15 is 14.4 Å². The number of rotatable bonds is 26. The molecule has 1 aliphatic carbocycles. The maximum absolute atomic E-state index is 15.2. The van der Waals surface area contributed by atoms with Crippen molar-refractivity contribution in [3.63, 3.8) is 0 Å². The summed E-state index contributed by atoms with van der Waals surface area (Å²) in [6.45, 7) is 16.0. The molecule has 111 heavy (non-hydrogen) atoms. The number of esters is 5. The summed E-state index contributed by atoms with van der Waals surface area (Å²) in [5, 5.41) is 31.4. The van der Waals surface area contributed by atoms with Crippen molar-refractivity contribution in [3.8, 4) is 11.5 Å². The lowest BCUT2D eigenvalue weighted by Crippen LogP contribution is -2.53. The summed E-state index contributed by atoms with van der Waals surface area (Å²) in [5.41, 5.74) is -2.09. The van der Waals surface area contributed by atoms with Crippen LogP contribution in [0, 0.1) is 36.5 Å². The van der Waals surface area contributed by atoms with Gasteiger partial charge in [0.05, 0.1) is 47.4 Å². The Morgan fingerprint density at radius 3 is 2.04 bits per heavy atom. The number of ether oxygens (including phenoxy) is 10. The van der Waals surface area contributed by atoms with Gasteiger partial charge in [-0.05, 0) is 44.4 Å². The predicted octanol–water partition coefficient (Wildman–Crippen LogP) is 4.61. The first kappa shape index (κ1) is 88.8. The van der Waals surface area contributed by atoms with E-state index < -0.39 is 210 Å². The zero-order chi connectivity index (χ0) is 82.4. The Morgan fingerprint density at radius 2 is 1.45 bits per heavy atom. The van der Waals surface area contributed by atoms with Gasteiger partial charge in [0, 0.05) is 138 Å². The molecule has 10 atom stereocenters. The van der Waals surface area contributed by atoms with Gasteiger partial charge in [0.1, 0.15) is 47.7 Å². The minimum absolute atomic E-state index is 0.00467. The highest BCUT2D eigenvalue weighted by Gasteiger charge is 2.64. The number of methoxy groups -OCH3 is 1. The van der Waals surface area contributed by atoms with Gasteiger partial charge in [-0.25, -0.2) is 9.59 Å². The molecule has 1 saturated heterocycles. The normalized spacial score (nSPS) is 24.2. The van der Waals surface area contributed by atoms with Crippen LogP contribution in [0.2, 0.25) is 0 Å². The highest BCUT2D eigenvalue weighted by atomic mass is 31.2. The molecule has 1 spiro atoms. The Bertz CT molecular complexity index is 4100. The Labute approximate surface area is 639 Å². The molecule has 6 aliphatic rings. The van der Waals surface area contributed by atoms with Crippen LogP contribution in [0.3, 0.4) is 0 Å². The molecule has 39 heteroatoms. The van der Waals surface area contributed by atoms with Gasteiger partial charge < -0.3 is 108 Å². The molecule has 4 amide bonds. The lowest BCUT2D eigenvalue weighted by atomic mass is 9.78. The summed E-state index contributed by atoms with van der Waals surface area (Å²) in [5.74, 6) is -16.1. The van der Waals surface area contributed by atoms with Gasteiger partial charge >= 0.3 is 68.1 Å². The molecule has 37 nitrogen and oxygen atoms in total. The molecular formula is C72H98N8O29P2. The number of pyridine rings is 1. The summed E-state index contributed by atoms with van der Waals surface area (Å²) in [4.78, 5) is 206. The number of phenols is 1. The number of ketones is 2. The third kappa shape index (κ3) is 21.4. The molecule has 610 valence electrons. The second kappa shape index (κ2) is 37.7. The SMILES string of the molecule is CCC(=O)OCOC(=O)NCCN(CC(=O)O[C@@H]1[C@@H](C)[C@@H](O)[C@@H](C)[C@H](OC(C)=O)[C@H](C)[C@@H](OC)/C=C/O[C@@]2(C)Oc3c(C)c(O)c4c(c3C2=O)C2=NC3(CCN(CC(C)C)CC3)NC2=C(NC(=O)/C(C)=C\C=C\[C@@H]1C)C4=O)C(=O)C(CCC(=O)OC(Cc1ccccn1)(P(=O)(O)O)P(=O)(O)O)NC(=O)OCOC(=O)CC. The number of piperidine rings is 1. The average molecular weight is 1600 g/mol. The molecule has 2 aromatic rings. The van der Waals surface area contributed by atoms with Crippen molar-refractivity contribution in [2.24, 2.45) is 34.6 Å². The van der Waals surface area contributed by atoms with E-state index in [1.807, 2.05) is 0 Å². The number of aliphatic hydroxyl groups excluding tert-OH is 1. The number of hydrogen-bond donors (Lipinski definition) is 10. The van der Waals surface area contributed by atoms with Crippen molar-refractivity contribution in [2.75, 3.05) is 60.0 Å². The summed E-state index contributed by atoms with van der Waals surface area (Å²) in [6, 6.07) is 1.65. The van der Waals surface area contributed by atoms with E-state index in [1.54, 1.807) is 13.8 Å². The predicted molar refractivity (Wildman–Crippen MR) is 388 cm³/mol. The molecule has 1 aromatic heterocycles. The molecular weight excluding hydrogens is 1500 g/mol. The van der Waals surface area contributed by atoms with E-state index in [0.717, 1.165) is 32.0 Å². The van der Waals surface area contributed by atoms with Gasteiger partial charge in [-0.3, -0.25) is 62.3 Å². The average Bonchev–Trinajstić information content (AvgIpc) is 1.55. The monoisotopic (exact) mass is 1600 g/mol. The van der Waals surface area contributed by atoms with Crippen molar-refractivity contribution >= 4 is 86.3 Å². The largest absolute Gasteiger partial charge is 0.507 e. The summed E-state index contributed by atoms with van der Waals surface area (Å²) in [7, 11) is -11.1. The number of fused-ring (bicyclic) bond motifs is 13. The number of allylic oxidation sites excluding steroid dienone is 4. The van der Waals surface area contributed by atoms with Crippen molar-refractivity contribution in [1.82, 2.24) is 36.1 Å². The number of benzene rings is 1. The lowest BCUT2D eigenvalue weighted by molar-refractivity contribution is -0.167. The Kier molecular flexibility index (Phi) is 30.2. The van der Waals surface area contributed by atoms with Gasteiger partial charge in [-0.2, -0.15) is 0 Å².